The Balaban J connectivity index is 2.40. The molecule has 1 aromatic carbocycles. The van der Waals surface area contributed by atoms with Gasteiger partial charge in [0.05, 0.1) is 25.8 Å². The molecule has 0 spiro atoms. The molecule has 1 heterocycles. The van der Waals surface area contributed by atoms with Crippen molar-refractivity contribution in [1.29, 1.82) is 0 Å². The van der Waals surface area contributed by atoms with Crippen LogP contribution in [0.25, 0.3) is 0 Å². The number of rotatable bonds is 2. The van der Waals surface area contributed by atoms with Crippen LogP contribution in [0, 0.1) is 0 Å². The average Bonchev–Trinajstić information content (AvgIpc) is 2.57. The van der Waals surface area contributed by atoms with E-state index in [1.54, 1.807) is 12.1 Å². The highest BCUT2D eigenvalue weighted by atomic mass is 79.9. The third kappa shape index (κ3) is 1.95. The lowest BCUT2D eigenvalue weighted by atomic mass is 10.2. The van der Waals surface area contributed by atoms with Crippen LogP contribution < -0.4 is 9.64 Å². The van der Waals surface area contributed by atoms with Crippen LogP contribution in [0.15, 0.2) is 22.7 Å². The van der Waals surface area contributed by atoms with Gasteiger partial charge in [0, 0.05) is 4.47 Å². The number of halogens is 1. The Morgan fingerprint density at radius 1 is 1.38 bits per heavy atom. The summed E-state index contributed by atoms with van der Waals surface area (Å²) in [5, 5.41) is 0. The molecule has 1 amide bonds. The largest absolute Gasteiger partial charge is 0.495 e. The number of benzene rings is 1. The highest BCUT2D eigenvalue weighted by Gasteiger charge is 2.30. The summed E-state index contributed by atoms with van der Waals surface area (Å²) in [6, 6.07) is 5.35. The van der Waals surface area contributed by atoms with Crippen LogP contribution in [0.1, 0.15) is 6.42 Å². The molecule has 0 unspecified atom stereocenters. The van der Waals surface area contributed by atoms with Crippen molar-refractivity contribution in [1.82, 2.24) is 0 Å². The molecule has 0 radical (unpaired) electrons. The summed E-state index contributed by atoms with van der Waals surface area (Å²) in [5.74, 6) is 0.345. The third-order valence-corrected chi connectivity index (χ3v) is 2.91. The maximum atomic E-state index is 11.6. The van der Waals surface area contributed by atoms with Crippen molar-refractivity contribution in [3.63, 3.8) is 0 Å². The molecular formula is C11H10BrNO3. The molecule has 0 bridgehead atoms. The fraction of sp³-hybridized carbons (Fsp3) is 0.273. The van der Waals surface area contributed by atoms with E-state index in [-0.39, 0.29) is 24.7 Å². The average molecular weight is 284 g/mol. The van der Waals surface area contributed by atoms with E-state index in [1.807, 2.05) is 6.07 Å². The van der Waals surface area contributed by atoms with Crippen molar-refractivity contribution in [2.45, 2.75) is 6.42 Å². The second-order valence-corrected chi connectivity index (χ2v) is 4.43. The van der Waals surface area contributed by atoms with E-state index in [4.69, 9.17) is 4.74 Å². The number of nitrogens with zero attached hydrogens (tertiary/aromatic N) is 1. The molecule has 0 atom stereocenters. The number of ether oxygens (including phenoxy) is 1. The maximum Gasteiger partial charge on any atom is 0.235 e. The quantitative estimate of drug-likeness (QED) is 0.777. The van der Waals surface area contributed by atoms with Gasteiger partial charge in [-0.25, -0.2) is 0 Å². The van der Waals surface area contributed by atoms with Crippen LogP contribution in [-0.4, -0.2) is 25.3 Å². The van der Waals surface area contributed by atoms with Gasteiger partial charge in [-0.15, -0.1) is 0 Å². The maximum absolute atomic E-state index is 11.6. The first-order valence-electron chi connectivity index (χ1n) is 4.77. The summed E-state index contributed by atoms with van der Waals surface area (Å²) < 4.78 is 6.05. The lowest BCUT2D eigenvalue weighted by Crippen LogP contribution is -2.24. The van der Waals surface area contributed by atoms with Gasteiger partial charge < -0.3 is 9.64 Å². The summed E-state index contributed by atoms with van der Waals surface area (Å²) in [7, 11) is 1.54. The second kappa shape index (κ2) is 4.25. The first-order chi connectivity index (χ1) is 7.61. The Morgan fingerprint density at radius 3 is 2.69 bits per heavy atom. The van der Waals surface area contributed by atoms with Crippen LogP contribution in [0.5, 0.6) is 5.75 Å². The molecular weight excluding hydrogens is 274 g/mol. The number of amides is 1. The molecule has 1 aliphatic rings. The van der Waals surface area contributed by atoms with Gasteiger partial charge in [0.2, 0.25) is 5.91 Å². The Bertz CT molecular complexity index is 459. The number of methoxy groups -OCH3 is 1. The van der Waals surface area contributed by atoms with Gasteiger partial charge >= 0.3 is 0 Å². The van der Waals surface area contributed by atoms with Crippen molar-refractivity contribution >= 4 is 33.3 Å². The monoisotopic (exact) mass is 283 g/mol. The molecule has 5 heteroatoms. The molecule has 2 rings (SSSR count). The van der Waals surface area contributed by atoms with Crippen LogP contribution in [0.2, 0.25) is 0 Å². The van der Waals surface area contributed by atoms with Crippen LogP contribution in [0.4, 0.5) is 5.69 Å². The van der Waals surface area contributed by atoms with Crippen molar-refractivity contribution in [2.75, 3.05) is 18.6 Å². The van der Waals surface area contributed by atoms with Crippen LogP contribution >= 0.6 is 15.9 Å². The number of carbonyl (C=O) groups excluding carboxylic acids is 2. The standard InChI is InChI=1S/C11H10BrNO3/c1-16-10-4-7(12)2-3-9(10)13-6-8(14)5-11(13)15/h2-4H,5-6H2,1H3. The van der Waals surface area contributed by atoms with E-state index in [9.17, 15) is 9.59 Å². The molecule has 4 nitrogen and oxygen atoms in total. The minimum Gasteiger partial charge on any atom is -0.495 e. The Kier molecular flexibility index (Phi) is 2.96. The molecule has 1 aromatic rings. The van der Waals surface area contributed by atoms with Gasteiger partial charge in [0.15, 0.2) is 5.78 Å². The summed E-state index contributed by atoms with van der Waals surface area (Å²) >= 11 is 3.32. The zero-order valence-electron chi connectivity index (χ0n) is 8.70. The van der Waals surface area contributed by atoms with Crippen LogP contribution in [0.3, 0.4) is 0 Å². The molecule has 0 saturated carbocycles. The molecule has 1 saturated heterocycles. The second-order valence-electron chi connectivity index (χ2n) is 3.51. The minimum atomic E-state index is -0.175. The van der Waals surface area contributed by atoms with Crippen molar-refractivity contribution in [3.8, 4) is 5.75 Å². The van der Waals surface area contributed by atoms with E-state index in [0.717, 1.165) is 4.47 Å². The van der Waals surface area contributed by atoms with E-state index >= 15 is 0 Å². The zero-order chi connectivity index (χ0) is 11.7. The van der Waals surface area contributed by atoms with Gasteiger partial charge in [0.1, 0.15) is 5.75 Å². The number of carbonyl (C=O) groups is 2. The number of hydrogen-bond donors (Lipinski definition) is 0. The van der Waals surface area contributed by atoms with Gasteiger partial charge in [0.25, 0.3) is 0 Å². The molecule has 1 fully saturated rings. The third-order valence-electron chi connectivity index (χ3n) is 2.42. The highest BCUT2D eigenvalue weighted by Crippen LogP contribution is 2.33. The predicted octanol–water partition coefficient (Wildman–Crippen LogP) is 1.76. The summed E-state index contributed by atoms with van der Waals surface area (Å²) in [4.78, 5) is 24.2. The fourth-order valence-electron chi connectivity index (χ4n) is 1.68. The van der Waals surface area contributed by atoms with E-state index < -0.39 is 0 Å². The molecule has 84 valence electrons. The molecule has 16 heavy (non-hydrogen) atoms. The molecule has 0 aromatic heterocycles. The topological polar surface area (TPSA) is 46.6 Å². The Morgan fingerprint density at radius 2 is 2.12 bits per heavy atom. The normalized spacial score (nSPS) is 15.8. The number of ketones is 1. The molecule has 0 N–H and O–H groups in total. The zero-order valence-corrected chi connectivity index (χ0v) is 10.3. The minimum absolute atomic E-state index is 0.0147. The highest BCUT2D eigenvalue weighted by molar-refractivity contribution is 9.10. The van der Waals surface area contributed by atoms with E-state index in [0.29, 0.717) is 11.4 Å². The molecule has 0 aliphatic carbocycles. The van der Waals surface area contributed by atoms with Crippen molar-refractivity contribution in [2.24, 2.45) is 0 Å². The lowest BCUT2D eigenvalue weighted by molar-refractivity contribution is -0.121. The van der Waals surface area contributed by atoms with Gasteiger partial charge in [-0.1, -0.05) is 15.9 Å². The molecule has 1 aliphatic heterocycles. The van der Waals surface area contributed by atoms with Gasteiger partial charge in [-0.3, -0.25) is 9.59 Å². The Hall–Kier alpha value is -1.36. The Labute approximate surface area is 101 Å². The van der Waals surface area contributed by atoms with Gasteiger partial charge in [-0.05, 0) is 18.2 Å². The predicted molar refractivity (Wildman–Crippen MR) is 62.7 cm³/mol. The van der Waals surface area contributed by atoms with E-state index in [2.05, 4.69) is 15.9 Å². The lowest BCUT2D eigenvalue weighted by Gasteiger charge is -2.18. The van der Waals surface area contributed by atoms with Crippen molar-refractivity contribution < 1.29 is 14.3 Å². The number of hydrogen-bond acceptors (Lipinski definition) is 3. The van der Waals surface area contributed by atoms with E-state index in [1.165, 1.54) is 12.0 Å². The summed E-state index contributed by atoms with van der Waals surface area (Å²) in [6.45, 7) is 0.136. The fourth-order valence-corrected chi connectivity index (χ4v) is 2.02. The van der Waals surface area contributed by atoms with Crippen molar-refractivity contribution in [3.05, 3.63) is 22.7 Å². The smallest absolute Gasteiger partial charge is 0.235 e. The number of Topliss-reactive ketones (excluding diaryl/α,β-unsaturated/α-hetero) is 1. The number of anilines is 1. The summed E-state index contributed by atoms with van der Waals surface area (Å²) in [6.07, 6.45) is -0.0147. The first-order valence-corrected chi connectivity index (χ1v) is 5.56. The van der Waals surface area contributed by atoms with Gasteiger partial charge in [-0.2, -0.15) is 0 Å². The first kappa shape index (κ1) is 11.1. The summed E-state index contributed by atoms with van der Waals surface area (Å²) in [5.41, 5.74) is 0.640. The van der Waals surface area contributed by atoms with Crippen LogP contribution in [-0.2, 0) is 9.59 Å². The SMILES string of the molecule is COc1cc(Br)ccc1N1CC(=O)CC1=O.